The third-order valence-electron chi connectivity index (χ3n) is 5.95. The lowest BCUT2D eigenvalue weighted by Gasteiger charge is -2.31. The first kappa shape index (κ1) is 21.0. The van der Waals surface area contributed by atoms with Crippen molar-refractivity contribution in [1.29, 1.82) is 0 Å². The quantitative estimate of drug-likeness (QED) is 0.431. The summed E-state index contributed by atoms with van der Waals surface area (Å²) in [6.45, 7) is 5.68. The highest BCUT2D eigenvalue weighted by Gasteiger charge is 2.26. The van der Waals surface area contributed by atoms with Crippen molar-refractivity contribution >= 4 is 5.69 Å². The molecule has 0 atom stereocenters. The van der Waals surface area contributed by atoms with Gasteiger partial charge in [0.1, 0.15) is 5.82 Å². The van der Waals surface area contributed by atoms with E-state index in [1.807, 2.05) is 49.4 Å². The topological polar surface area (TPSA) is 86.2 Å². The van der Waals surface area contributed by atoms with Crippen molar-refractivity contribution in [3.63, 3.8) is 0 Å². The van der Waals surface area contributed by atoms with Gasteiger partial charge in [-0.3, -0.25) is 19.6 Å². The standard InChI is InChI=1S/C23H27N5O3/c1-2-26-22(24-27(23(26)29)17-18-6-4-3-5-7-18)20-12-14-25(15-13-20)16-19-8-10-21(11-9-19)28(30)31/h3-11,20H,2,12-17H2,1H3. The van der Waals surface area contributed by atoms with Gasteiger partial charge >= 0.3 is 5.69 Å². The summed E-state index contributed by atoms with van der Waals surface area (Å²) in [4.78, 5) is 25.6. The normalized spacial score (nSPS) is 15.3. The molecule has 1 aromatic heterocycles. The Morgan fingerprint density at radius 1 is 1.00 bits per heavy atom. The SMILES string of the molecule is CCn1c(C2CCN(Cc3ccc([N+](=O)[O-])cc3)CC2)nn(Cc2ccccc2)c1=O. The molecule has 1 fully saturated rings. The van der Waals surface area contributed by atoms with Gasteiger partial charge in [0.25, 0.3) is 5.69 Å². The molecule has 0 spiro atoms. The number of benzene rings is 2. The highest BCUT2D eigenvalue weighted by atomic mass is 16.6. The van der Waals surface area contributed by atoms with E-state index in [-0.39, 0.29) is 22.2 Å². The number of non-ortho nitro benzene ring substituents is 1. The molecule has 0 radical (unpaired) electrons. The van der Waals surface area contributed by atoms with Crippen LogP contribution in [0.2, 0.25) is 0 Å². The van der Waals surface area contributed by atoms with Gasteiger partial charge in [-0.15, -0.1) is 0 Å². The van der Waals surface area contributed by atoms with E-state index in [0.29, 0.717) is 13.1 Å². The lowest BCUT2D eigenvalue weighted by molar-refractivity contribution is -0.384. The summed E-state index contributed by atoms with van der Waals surface area (Å²) < 4.78 is 3.39. The van der Waals surface area contributed by atoms with Crippen LogP contribution in [0.5, 0.6) is 0 Å². The molecule has 2 aromatic carbocycles. The molecule has 0 N–H and O–H groups in total. The van der Waals surface area contributed by atoms with Crippen LogP contribution >= 0.6 is 0 Å². The van der Waals surface area contributed by atoms with Crippen LogP contribution in [0.25, 0.3) is 0 Å². The minimum atomic E-state index is -0.376. The van der Waals surface area contributed by atoms with Crippen LogP contribution in [-0.4, -0.2) is 37.3 Å². The molecule has 31 heavy (non-hydrogen) atoms. The van der Waals surface area contributed by atoms with Crippen LogP contribution in [0, 0.1) is 10.1 Å². The molecule has 162 valence electrons. The summed E-state index contributed by atoms with van der Waals surface area (Å²) in [7, 11) is 0. The maximum absolute atomic E-state index is 12.9. The number of aromatic nitrogens is 3. The van der Waals surface area contributed by atoms with E-state index < -0.39 is 0 Å². The lowest BCUT2D eigenvalue weighted by Crippen LogP contribution is -2.33. The Labute approximate surface area is 180 Å². The number of hydrogen-bond donors (Lipinski definition) is 0. The predicted molar refractivity (Wildman–Crippen MR) is 118 cm³/mol. The van der Waals surface area contributed by atoms with E-state index in [9.17, 15) is 14.9 Å². The molecule has 3 aromatic rings. The number of nitrogens with zero attached hydrogens (tertiary/aromatic N) is 5. The molecule has 4 rings (SSSR count). The molecule has 1 aliphatic heterocycles. The van der Waals surface area contributed by atoms with Gasteiger partial charge in [0.05, 0.1) is 11.5 Å². The van der Waals surface area contributed by atoms with E-state index in [2.05, 4.69) is 4.90 Å². The first-order chi connectivity index (χ1) is 15.0. The van der Waals surface area contributed by atoms with Crippen LogP contribution in [0.3, 0.4) is 0 Å². The minimum absolute atomic E-state index is 0.0466. The molecule has 0 bridgehead atoms. The van der Waals surface area contributed by atoms with Gasteiger partial charge in [0.2, 0.25) is 0 Å². The Morgan fingerprint density at radius 2 is 1.65 bits per heavy atom. The van der Waals surface area contributed by atoms with Crippen LogP contribution in [0.15, 0.2) is 59.4 Å². The van der Waals surface area contributed by atoms with Gasteiger partial charge in [-0.25, -0.2) is 9.48 Å². The van der Waals surface area contributed by atoms with E-state index in [0.717, 1.165) is 49.4 Å². The van der Waals surface area contributed by atoms with Crippen LogP contribution in [0.4, 0.5) is 5.69 Å². The maximum atomic E-state index is 12.9. The molecular formula is C23H27N5O3. The highest BCUT2D eigenvalue weighted by molar-refractivity contribution is 5.32. The van der Waals surface area contributed by atoms with Gasteiger partial charge in [0, 0.05) is 31.1 Å². The van der Waals surface area contributed by atoms with E-state index in [1.165, 1.54) is 0 Å². The summed E-state index contributed by atoms with van der Waals surface area (Å²) >= 11 is 0. The smallest absolute Gasteiger partial charge is 0.299 e. The Hall–Kier alpha value is -3.26. The van der Waals surface area contributed by atoms with E-state index in [4.69, 9.17) is 5.10 Å². The average molecular weight is 422 g/mol. The number of piperidine rings is 1. The fraction of sp³-hybridized carbons (Fsp3) is 0.391. The van der Waals surface area contributed by atoms with E-state index in [1.54, 1.807) is 21.4 Å². The molecule has 0 saturated carbocycles. The van der Waals surface area contributed by atoms with Gasteiger partial charge < -0.3 is 0 Å². The summed E-state index contributed by atoms with van der Waals surface area (Å²) in [6, 6.07) is 16.7. The van der Waals surface area contributed by atoms with Crippen LogP contribution in [0.1, 0.15) is 42.6 Å². The second-order valence-electron chi connectivity index (χ2n) is 8.00. The minimum Gasteiger partial charge on any atom is -0.299 e. The third-order valence-corrected chi connectivity index (χ3v) is 5.95. The Kier molecular flexibility index (Phi) is 6.27. The van der Waals surface area contributed by atoms with Crippen molar-refractivity contribution in [1.82, 2.24) is 19.2 Å². The van der Waals surface area contributed by atoms with Crippen LogP contribution < -0.4 is 5.69 Å². The highest BCUT2D eigenvalue weighted by Crippen LogP contribution is 2.27. The Balaban J connectivity index is 1.41. The van der Waals surface area contributed by atoms with Crippen molar-refractivity contribution in [2.45, 2.75) is 45.3 Å². The summed E-state index contributed by atoms with van der Waals surface area (Å²) in [6.07, 6.45) is 1.88. The Bertz CT molecular complexity index is 1080. The molecule has 1 aliphatic rings. The first-order valence-electron chi connectivity index (χ1n) is 10.7. The first-order valence-corrected chi connectivity index (χ1v) is 10.7. The average Bonchev–Trinajstić information content (AvgIpc) is 3.10. The van der Waals surface area contributed by atoms with E-state index >= 15 is 0 Å². The van der Waals surface area contributed by atoms with Crippen molar-refractivity contribution in [2.75, 3.05) is 13.1 Å². The Morgan fingerprint density at radius 3 is 2.26 bits per heavy atom. The second-order valence-corrected chi connectivity index (χ2v) is 8.00. The van der Waals surface area contributed by atoms with Gasteiger partial charge in [-0.2, -0.15) is 5.10 Å². The third kappa shape index (κ3) is 4.74. The zero-order valence-electron chi connectivity index (χ0n) is 17.7. The summed E-state index contributed by atoms with van der Waals surface area (Å²) in [5.74, 6) is 1.15. The maximum Gasteiger partial charge on any atom is 0.346 e. The van der Waals surface area contributed by atoms with Gasteiger partial charge in [0.15, 0.2) is 0 Å². The van der Waals surface area contributed by atoms with Gasteiger partial charge in [-0.05, 0) is 44.0 Å². The molecule has 0 aliphatic carbocycles. The van der Waals surface area contributed by atoms with Crippen molar-refractivity contribution in [3.8, 4) is 0 Å². The zero-order valence-corrected chi connectivity index (χ0v) is 17.7. The number of likely N-dealkylation sites (tertiary alicyclic amines) is 1. The fourth-order valence-corrected chi connectivity index (χ4v) is 4.25. The van der Waals surface area contributed by atoms with Gasteiger partial charge in [-0.1, -0.05) is 42.5 Å². The second kappa shape index (κ2) is 9.26. The predicted octanol–water partition coefficient (Wildman–Crippen LogP) is 3.40. The number of rotatable bonds is 7. The summed E-state index contributed by atoms with van der Waals surface area (Å²) in [5, 5.41) is 15.5. The molecule has 0 unspecified atom stereocenters. The van der Waals surface area contributed by atoms with Crippen LogP contribution in [-0.2, 0) is 19.6 Å². The summed E-state index contributed by atoms with van der Waals surface area (Å²) in [5.41, 5.74) is 2.21. The molecule has 0 amide bonds. The van der Waals surface area contributed by atoms with Crippen molar-refractivity contribution < 1.29 is 4.92 Å². The lowest BCUT2D eigenvalue weighted by atomic mass is 9.95. The zero-order chi connectivity index (χ0) is 21.8. The molecule has 8 heteroatoms. The molecular weight excluding hydrogens is 394 g/mol. The molecule has 2 heterocycles. The number of hydrogen-bond acceptors (Lipinski definition) is 5. The fourth-order valence-electron chi connectivity index (χ4n) is 4.25. The number of nitro groups is 1. The number of nitro benzene ring substituents is 1. The molecule has 1 saturated heterocycles. The van der Waals surface area contributed by atoms with Crippen molar-refractivity contribution in [3.05, 3.63) is 92.1 Å². The molecule has 8 nitrogen and oxygen atoms in total. The largest absolute Gasteiger partial charge is 0.346 e. The monoisotopic (exact) mass is 421 g/mol. The van der Waals surface area contributed by atoms with Crippen molar-refractivity contribution in [2.24, 2.45) is 0 Å².